The van der Waals surface area contributed by atoms with Crippen molar-refractivity contribution >= 4 is 17.7 Å². The largest absolute Gasteiger partial charge is 0.348 e. The summed E-state index contributed by atoms with van der Waals surface area (Å²) >= 11 is 1.58. The van der Waals surface area contributed by atoms with Gasteiger partial charge in [-0.05, 0) is 30.2 Å². The highest BCUT2D eigenvalue weighted by Crippen LogP contribution is 2.35. The number of nitrogens with one attached hydrogen (secondary N) is 1. The fraction of sp³-hybridized carbons (Fsp3) is 0.136. The monoisotopic (exact) mass is 347 g/mol. The van der Waals surface area contributed by atoms with Crippen LogP contribution in [0.4, 0.5) is 0 Å². The van der Waals surface area contributed by atoms with E-state index in [0.717, 1.165) is 16.0 Å². The van der Waals surface area contributed by atoms with E-state index in [0.29, 0.717) is 0 Å². The van der Waals surface area contributed by atoms with Crippen molar-refractivity contribution in [2.45, 2.75) is 23.1 Å². The van der Waals surface area contributed by atoms with Crippen molar-refractivity contribution in [3.63, 3.8) is 0 Å². The molecule has 3 aromatic carbocycles. The summed E-state index contributed by atoms with van der Waals surface area (Å²) in [5, 5.41) is 2.87. The molecule has 0 saturated heterocycles. The summed E-state index contributed by atoms with van der Waals surface area (Å²) in [5.74, 6) is 0.0245. The summed E-state index contributed by atoms with van der Waals surface area (Å²) in [7, 11) is 0. The van der Waals surface area contributed by atoms with Crippen LogP contribution in [0.25, 0.3) is 0 Å². The van der Waals surface area contributed by atoms with Crippen LogP contribution in [0.1, 0.15) is 29.3 Å². The van der Waals surface area contributed by atoms with Gasteiger partial charge < -0.3 is 5.32 Å². The standard InChI is InChI=1S/C22H21NOS/c1-17(18-11-5-2-6-12-18)23-22(24)21(19-13-7-3-8-14-19)25-20-15-9-4-10-16-20/h2-17,21H,1H3,(H,23,24)/t17-,21+/m1/s1. The molecule has 3 heteroatoms. The number of thioether (sulfide) groups is 1. The summed E-state index contributed by atoms with van der Waals surface area (Å²) in [6.45, 7) is 2.02. The molecule has 25 heavy (non-hydrogen) atoms. The van der Waals surface area contributed by atoms with Crippen molar-refractivity contribution in [1.82, 2.24) is 5.32 Å². The van der Waals surface area contributed by atoms with Crippen LogP contribution in [-0.2, 0) is 4.79 Å². The minimum Gasteiger partial charge on any atom is -0.348 e. The van der Waals surface area contributed by atoms with E-state index in [9.17, 15) is 4.79 Å². The molecule has 0 heterocycles. The molecule has 0 aliphatic rings. The van der Waals surface area contributed by atoms with Crippen LogP contribution < -0.4 is 5.32 Å². The number of hydrogen-bond acceptors (Lipinski definition) is 2. The molecule has 0 aromatic heterocycles. The average molecular weight is 347 g/mol. The number of amides is 1. The number of rotatable bonds is 6. The number of carbonyl (C=O) groups is 1. The molecule has 0 unspecified atom stereocenters. The van der Waals surface area contributed by atoms with Gasteiger partial charge in [-0.3, -0.25) is 4.79 Å². The minimum atomic E-state index is -0.283. The summed E-state index contributed by atoms with van der Waals surface area (Å²) < 4.78 is 0. The maximum absolute atomic E-state index is 13.0. The van der Waals surface area contributed by atoms with E-state index >= 15 is 0 Å². The first-order valence-corrected chi connectivity index (χ1v) is 9.24. The molecule has 3 aromatic rings. The van der Waals surface area contributed by atoms with Gasteiger partial charge in [0.25, 0.3) is 0 Å². The number of carbonyl (C=O) groups excluding carboxylic acids is 1. The highest BCUT2D eigenvalue weighted by atomic mass is 32.2. The lowest BCUT2D eigenvalue weighted by molar-refractivity contribution is -0.121. The van der Waals surface area contributed by atoms with Crippen LogP contribution in [0, 0.1) is 0 Å². The zero-order valence-corrected chi connectivity index (χ0v) is 14.9. The third kappa shape index (κ3) is 4.74. The molecule has 2 nitrogen and oxygen atoms in total. The molecule has 1 N–H and O–H groups in total. The van der Waals surface area contributed by atoms with Gasteiger partial charge in [0.15, 0.2) is 0 Å². The van der Waals surface area contributed by atoms with E-state index in [-0.39, 0.29) is 17.2 Å². The van der Waals surface area contributed by atoms with Crippen LogP contribution in [0.3, 0.4) is 0 Å². The molecule has 0 radical (unpaired) electrons. The maximum Gasteiger partial charge on any atom is 0.238 e. The second-order valence-corrected chi connectivity index (χ2v) is 7.04. The van der Waals surface area contributed by atoms with Crippen LogP contribution in [0.5, 0.6) is 0 Å². The van der Waals surface area contributed by atoms with Crippen LogP contribution in [0.2, 0.25) is 0 Å². The maximum atomic E-state index is 13.0. The van der Waals surface area contributed by atoms with Crippen molar-refractivity contribution in [3.05, 3.63) is 102 Å². The van der Waals surface area contributed by atoms with Gasteiger partial charge in [-0.1, -0.05) is 78.9 Å². The highest BCUT2D eigenvalue weighted by Gasteiger charge is 2.23. The Kier molecular flexibility index (Phi) is 5.91. The van der Waals surface area contributed by atoms with Crippen LogP contribution in [0.15, 0.2) is 95.9 Å². The summed E-state index contributed by atoms with van der Waals surface area (Å²) in [4.78, 5) is 14.1. The molecule has 3 rings (SSSR count). The predicted octanol–water partition coefficient (Wildman–Crippen LogP) is 5.40. The fourth-order valence-electron chi connectivity index (χ4n) is 2.65. The SMILES string of the molecule is C[C@@H](NC(=O)[C@@H](Sc1ccccc1)c1ccccc1)c1ccccc1. The van der Waals surface area contributed by atoms with E-state index < -0.39 is 0 Å². The van der Waals surface area contributed by atoms with Gasteiger partial charge in [0, 0.05) is 4.90 Å². The van der Waals surface area contributed by atoms with Gasteiger partial charge in [0.1, 0.15) is 5.25 Å². The first kappa shape index (κ1) is 17.3. The first-order valence-electron chi connectivity index (χ1n) is 8.36. The average Bonchev–Trinajstić information content (AvgIpc) is 2.68. The number of hydrogen-bond donors (Lipinski definition) is 1. The van der Waals surface area contributed by atoms with Crippen molar-refractivity contribution in [3.8, 4) is 0 Å². The Bertz CT molecular complexity index is 790. The van der Waals surface area contributed by atoms with E-state index in [2.05, 4.69) is 5.32 Å². The molecule has 0 saturated carbocycles. The molecule has 0 spiro atoms. The second-order valence-electron chi connectivity index (χ2n) is 5.86. The molecule has 126 valence electrons. The van der Waals surface area contributed by atoms with E-state index in [4.69, 9.17) is 0 Å². The normalized spacial score (nSPS) is 13.0. The molecular formula is C22H21NOS. The highest BCUT2D eigenvalue weighted by molar-refractivity contribution is 8.00. The lowest BCUT2D eigenvalue weighted by Crippen LogP contribution is -2.30. The lowest BCUT2D eigenvalue weighted by atomic mass is 10.1. The van der Waals surface area contributed by atoms with Crippen molar-refractivity contribution < 1.29 is 4.79 Å². The Morgan fingerprint density at radius 2 is 1.24 bits per heavy atom. The van der Waals surface area contributed by atoms with Gasteiger partial charge in [-0.25, -0.2) is 0 Å². The summed E-state index contributed by atoms with van der Waals surface area (Å²) in [6, 6.07) is 30.0. The molecule has 2 atom stereocenters. The molecule has 0 fully saturated rings. The van der Waals surface area contributed by atoms with E-state index in [1.807, 2.05) is 97.9 Å². The van der Waals surface area contributed by atoms with Gasteiger partial charge in [-0.15, -0.1) is 11.8 Å². The second kappa shape index (κ2) is 8.54. The predicted molar refractivity (Wildman–Crippen MR) is 104 cm³/mol. The zero-order valence-electron chi connectivity index (χ0n) is 14.1. The van der Waals surface area contributed by atoms with Crippen molar-refractivity contribution in [2.24, 2.45) is 0 Å². The van der Waals surface area contributed by atoms with E-state index in [1.54, 1.807) is 11.8 Å². The third-order valence-corrected chi connectivity index (χ3v) is 5.26. The summed E-state index contributed by atoms with van der Waals surface area (Å²) in [6.07, 6.45) is 0. The minimum absolute atomic E-state index is 0.0245. The quantitative estimate of drug-likeness (QED) is 0.605. The van der Waals surface area contributed by atoms with Crippen LogP contribution in [-0.4, -0.2) is 5.91 Å². The molecule has 0 aliphatic carbocycles. The topological polar surface area (TPSA) is 29.1 Å². The Morgan fingerprint density at radius 1 is 0.760 bits per heavy atom. The van der Waals surface area contributed by atoms with Crippen LogP contribution >= 0.6 is 11.8 Å². The Hall–Kier alpha value is -2.52. The van der Waals surface area contributed by atoms with Crippen molar-refractivity contribution in [1.29, 1.82) is 0 Å². The fourth-order valence-corrected chi connectivity index (χ4v) is 3.70. The Labute approximate surface area is 153 Å². The van der Waals surface area contributed by atoms with Gasteiger partial charge >= 0.3 is 0 Å². The third-order valence-electron chi connectivity index (χ3n) is 4.00. The molecule has 0 aliphatic heterocycles. The van der Waals surface area contributed by atoms with E-state index in [1.165, 1.54) is 0 Å². The lowest BCUT2D eigenvalue weighted by Gasteiger charge is -2.21. The van der Waals surface area contributed by atoms with Gasteiger partial charge in [-0.2, -0.15) is 0 Å². The van der Waals surface area contributed by atoms with Crippen molar-refractivity contribution in [2.75, 3.05) is 0 Å². The molecular weight excluding hydrogens is 326 g/mol. The van der Waals surface area contributed by atoms with Gasteiger partial charge in [0.2, 0.25) is 5.91 Å². The van der Waals surface area contributed by atoms with Gasteiger partial charge in [0.05, 0.1) is 6.04 Å². The number of benzene rings is 3. The Balaban J connectivity index is 1.80. The molecule has 1 amide bonds. The molecule has 0 bridgehead atoms. The first-order chi connectivity index (χ1) is 12.2. The Morgan fingerprint density at radius 3 is 1.80 bits per heavy atom. The zero-order chi connectivity index (χ0) is 17.5. The smallest absolute Gasteiger partial charge is 0.238 e. The summed E-state index contributed by atoms with van der Waals surface area (Å²) in [5.41, 5.74) is 2.11.